The average Bonchev–Trinajstić information content (AvgIpc) is 2.42. The Hall–Kier alpha value is -1.56. The summed E-state index contributed by atoms with van der Waals surface area (Å²) in [4.78, 5) is 11.0. The van der Waals surface area contributed by atoms with E-state index in [0.29, 0.717) is 6.42 Å². The van der Waals surface area contributed by atoms with Crippen LogP contribution in [0.3, 0.4) is 0 Å². The van der Waals surface area contributed by atoms with Gasteiger partial charge in [-0.3, -0.25) is 4.72 Å². The van der Waals surface area contributed by atoms with E-state index in [0.717, 1.165) is 25.7 Å². The van der Waals surface area contributed by atoms with Crippen LogP contribution in [0.1, 0.15) is 55.8 Å². The summed E-state index contributed by atoms with van der Waals surface area (Å²) >= 11 is 0. The molecular formula is C15H23NO4S. The van der Waals surface area contributed by atoms with E-state index in [1.807, 2.05) is 0 Å². The second-order valence-corrected chi connectivity index (χ2v) is 6.88. The quantitative estimate of drug-likeness (QED) is 0.648. The predicted octanol–water partition coefficient (Wildman–Crippen LogP) is 3.49. The van der Waals surface area contributed by atoms with Gasteiger partial charge >= 0.3 is 5.97 Å². The predicted molar refractivity (Wildman–Crippen MR) is 84.2 cm³/mol. The zero-order valence-electron chi connectivity index (χ0n) is 12.3. The Morgan fingerprint density at radius 3 is 2.38 bits per heavy atom. The maximum Gasteiger partial charge on any atom is 0.337 e. The smallest absolute Gasteiger partial charge is 0.337 e. The summed E-state index contributed by atoms with van der Waals surface area (Å²) in [6.45, 7) is 2.13. The number of carboxylic acids is 1. The molecule has 0 saturated heterocycles. The topological polar surface area (TPSA) is 83.5 Å². The monoisotopic (exact) mass is 313 g/mol. The highest BCUT2D eigenvalue weighted by Crippen LogP contribution is 2.17. The Labute approximate surface area is 126 Å². The van der Waals surface area contributed by atoms with Gasteiger partial charge in [0.1, 0.15) is 0 Å². The summed E-state index contributed by atoms with van der Waals surface area (Å²) < 4.78 is 26.3. The summed E-state index contributed by atoms with van der Waals surface area (Å²) in [6, 6.07) is 6.01. The van der Waals surface area contributed by atoms with Crippen molar-refractivity contribution in [3.8, 4) is 0 Å². The molecule has 0 spiro atoms. The van der Waals surface area contributed by atoms with E-state index in [2.05, 4.69) is 11.6 Å². The second kappa shape index (κ2) is 8.67. The number of nitrogens with one attached hydrogen (secondary N) is 1. The molecule has 1 rings (SSSR count). The minimum Gasteiger partial charge on any atom is -0.478 e. The number of anilines is 1. The molecule has 0 amide bonds. The number of carboxylic acid groups (broad SMARTS) is 1. The summed E-state index contributed by atoms with van der Waals surface area (Å²) in [7, 11) is -3.50. The molecule has 0 radical (unpaired) electrons. The van der Waals surface area contributed by atoms with Gasteiger partial charge in [-0.05, 0) is 18.6 Å². The summed E-state index contributed by atoms with van der Waals surface area (Å²) in [5, 5.41) is 9.02. The zero-order chi connectivity index (χ0) is 15.7. The van der Waals surface area contributed by atoms with Crippen molar-refractivity contribution in [2.45, 2.75) is 45.4 Å². The summed E-state index contributed by atoms with van der Waals surface area (Å²) in [6.07, 6.45) is 5.97. The molecule has 0 bridgehead atoms. The van der Waals surface area contributed by atoms with E-state index in [9.17, 15) is 13.2 Å². The molecule has 2 N–H and O–H groups in total. The second-order valence-electron chi connectivity index (χ2n) is 5.04. The lowest BCUT2D eigenvalue weighted by atomic mass is 10.1. The van der Waals surface area contributed by atoms with Gasteiger partial charge in [0.25, 0.3) is 0 Å². The van der Waals surface area contributed by atoms with Crippen LogP contribution >= 0.6 is 0 Å². The Morgan fingerprint density at radius 2 is 1.71 bits per heavy atom. The van der Waals surface area contributed by atoms with Gasteiger partial charge < -0.3 is 5.11 Å². The number of para-hydroxylation sites is 1. The Bertz CT molecular complexity index is 555. The lowest BCUT2D eigenvalue weighted by molar-refractivity contribution is 0.0698. The first kappa shape index (κ1) is 17.5. The fraction of sp³-hybridized carbons (Fsp3) is 0.533. The van der Waals surface area contributed by atoms with E-state index >= 15 is 0 Å². The zero-order valence-corrected chi connectivity index (χ0v) is 13.2. The van der Waals surface area contributed by atoms with Crippen LogP contribution in [0.2, 0.25) is 0 Å². The van der Waals surface area contributed by atoms with Crippen molar-refractivity contribution >= 4 is 21.7 Å². The Kier molecular flexibility index (Phi) is 7.22. The standard InChI is InChI=1S/C15H23NO4S/c1-2-3-4-5-6-9-12-21(19,20)16-14-11-8-7-10-13(14)15(17)18/h7-8,10-11,16H,2-6,9,12H2,1H3,(H,17,18). The van der Waals surface area contributed by atoms with E-state index < -0.39 is 16.0 Å². The Balaban J connectivity index is 2.51. The average molecular weight is 313 g/mol. The SMILES string of the molecule is CCCCCCCCS(=O)(=O)Nc1ccccc1C(=O)O. The maximum absolute atomic E-state index is 12.0. The van der Waals surface area contributed by atoms with Crippen molar-refractivity contribution in [2.75, 3.05) is 10.5 Å². The molecule has 6 heteroatoms. The highest BCUT2D eigenvalue weighted by molar-refractivity contribution is 7.92. The number of rotatable bonds is 10. The van der Waals surface area contributed by atoms with E-state index in [4.69, 9.17) is 5.11 Å². The molecule has 0 atom stereocenters. The number of unbranched alkanes of at least 4 members (excludes halogenated alkanes) is 5. The van der Waals surface area contributed by atoms with Crippen LogP contribution in [0.5, 0.6) is 0 Å². The third-order valence-corrected chi connectivity index (χ3v) is 4.55. The van der Waals surface area contributed by atoms with Crippen molar-refractivity contribution in [3.63, 3.8) is 0 Å². The molecule has 0 aliphatic carbocycles. The van der Waals surface area contributed by atoms with Crippen LogP contribution < -0.4 is 4.72 Å². The number of sulfonamides is 1. The van der Waals surface area contributed by atoms with Gasteiger partial charge in [-0.15, -0.1) is 0 Å². The molecule has 1 aromatic rings. The molecule has 0 aromatic heterocycles. The fourth-order valence-electron chi connectivity index (χ4n) is 2.05. The first-order valence-electron chi connectivity index (χ1n) is 7.29. The van der Waals surface area contributed by atoms with Crippen LogP contribution in [0.4, 0.5) is 5.69 Å². The van der Waals surface area contributed by atoms with E-state index in [-0.39, 0.29) is 17.0 Å². The number of aromatic carboxylic acids is 1. The minimum atomic E-state index is -3.50. The third kappa shape index (κ3) is 6.62. The van der Waals surface area contributed by atoms with Crippen molar-refractivity contribution < 1.29 is 18.3 Å². The molecule has 21 heavy (non-hydrogen) atoms. The largest absolute Gasteiger partial charge is 0.478 e. The van der Waals surface area contributed by atoms with Crippen molar-refractivity contribution in [1.29, 1.82) is 0 Å². The molecule has 0 aliphatic heterocycles. The lowest BCUT2D eigenvalue weighted by Crippen LogP contribution is -2.18. The van der Waals surface area contributed by atoms with E-state index in [1.54, 1.807) is 12.1 Å². The van der Waals surface area contributed by atoms with Crippen molar-refractivity contribution in [3.05, 3.63) is 29.8 Å². The number of carbonyl (C=O) groups is 1. The van der Waals surface area contributed by atoms with Crippen LogP contribution in [-0.2, 0) is 10.0 Å². The van der Waals surface area contributed by atoms with Crippen molar-refractivity contribution in [1.82, 2.24) is 0 Å². The molecule has 1 aromatic carbocycles. The van der Waals surface area contributed by atoms with Crippen LogP contribution in [0, 0.1) is 0 Å². The fourth-order valence-corrected chi connectivity index (χ4v) is 3.25. The van der Waals surface area contributed by atoms with Gasteiger partial charge in [0.2, 0.25) is 10.0 Å². The molecule has 5 nitrogen and oxygen atoms in total. The highest BCUT2D eigenvalue weighted by Gasteiger charge is 2.15. The van der Waals surface area contributed by atoms with Gasteiger partial charge in [-0.25, -0.2) is 13.2 Å². The van der Waals surface area contributed by atoms with Gasteiger partial charge in [0, 0.05) is 0 Å². The molecule has 0 unspecified atom stereocenters. The molecule has 0 saturated carbocycles. The van der Waals surface area contributed by atoms with E-state index in [1.165, 1.54) is 18.6 Å². The Morgan fingerprint density at radius 1 is 1.10 bits per heavy atom. The number of hydrogen-bond acceptors (Lipinski definition) is 3. The van der Waals surface area contributed by atoms with Gasteiger partial charge in [-0.2, -0.15) is 0 Å². The first-order chi connectivity index (χ1) is 9.96. The summed E-state index contributed by atoms with van der Waals surface area (Å²) in [5.41, 5.74) is 0.0833. The number of benzene rings is 1. The third-order valence-electron chi connectivity index (χ3n) is 3.19. The van der Waals surface area contributed by atoms with Crippen LogP contribution in [-0.4, -0.2) is 25.2 Å². The molecule has 118 valence electrons. The maximum atomic E-state index is 12.0. The van der Waals surface area contributed by atoms with Crippen LogP contribution in [0.15, 0.2) is 24.3 Å². The van der Waals surface area contributed by atoms with Gasteiger partial charge in [0.15, 0.2) is 0 Å². The van der Waals surface area contributed by atoms with Gasteiger partial charge in [-0.1, -0.05) is 51.2 Å². The molecule has 0 aliphatic rings. The number of hydrogen-bond donors (Lipinski definition) is 2. The lowest BCUT2D eigenvalue weighted by Gasteiger charge is -2.10. The van der Waals surface area contributed by atoms with Gasteiger partial charge in [0.05, 0.1) is 17.0 Å². The normalized spacial score (nSPS) is 11.3. The molecule has 0 fully saturated rings. The molecular weight excluding hydrogens is 290 g/mol. The van der Waals surface area contributed by atoms with Crippen LogP contribution in [0.25, 0.3) is 0 Å². The van der Waals surface area contributed by atoms with Crippen molar-refractivity contribution in [2.24, 2.45) is 0 Å². The first-order valence-corrected chi connectivity index (χ1v) is 8.94. The minimum absolute atomic E-state index is 0.0209. The highest BCUT2D eigenvalue weighted by atomic mass is 32.2. The summed E-state index contributed by atoms with van der Waals surface area (Å²) in [5.74, 6) is -1.12. The molecule has 0 heterocycles.